The van der Waals surface area contributed by atoms with E-state index in [0.29, 0.717) is 11.1 Å². The quantitative estimate of drug-likeness (QED) is 0.402. The number of carbonyl (C=O) groups is 3. The highest BCUT2D eigenvalue weighted by Gasteiger charge is 2.56. The van der Waals surface area contributed by atoms with E-state index in [1.165, 1.54) is 6.92 Å². The molecular weight excluding hydrogens is 400 g/mol. The smallest absolute Gasteiger partial charge is 0.338 e. The van der Waals surface area contributed by atoms with Gasteiger partial charge < -0.3 is 18.9 Å². The van der Waals surface area contributed by atoms with Crippen molar-refractivity contribution >= 4 is 17.9 Å². The van der Waals surface area contributed by atoms with Gasteiger partial charge in [0.25, 0.3) is 0 Å². The third-order valence-electron chi connectivity index (χ3n) is 5.03. The average molecular weight is 422 g/mol. The molecule has 4 atom stereocenters. The molecule has 31 heavy (non-hydrogen) atoms. The molecule has 0 amide bonds. The lowest BCUT2D eigenvalue weighted by atomic mass is 9.88. The fourth-order valence-corrected chi connectivity index (χ4v) is 3.26. The molecule has 3 rings (SSSR count). The van der Waals surface area contributed by atoms with Crippen LogP contribution in [-0.4, -0.2) is 42.5 Å². The maximum absolute atomic E-state index is 12.6. The van der Waals surface area contributed by atoms with Crippen LogP contribution in [0.5, 0.6) is 0 Å². The molecule has 2 aromatic rings. The molecule has 7 nitrogen and oxygen atoms in total. The zero-order chi connectivity index (χ0) is 22.4. The fraction of sp³-hybridized carbons (Fsp3) is 0.292. The van der Waals surface area contributed by atoms with Gasteiger partial charge in [-0.05, 0) is 24.3 Å². The van der Waals surface area contributed by atoms with Crippen molar-refractivity contribution in [1.29, 1.82) is 0 Å². The van der Waals surface area contributed by atoms with Crippen LogP contribution in [0.1, 0.15) is 34.6 Å². The molecule has 2 aromatic carbocycles. The Morgan fingerprint density at radius 1 is 0.968 bits per heavy atom. The van der Waals surface area contributed by atoms with Crippen LogP contribution in [0.2, 0.25) is 0 Å². The molecule has 1 heterocycles. The Morgan fingerprint density at radius 2 is 1.52 bits per heavy atom. The Labute approximate surface area is 180 Å². The summed E-state index contributed by atoms with van der Waals surface area (Å²) in [5, 5.41) is 0. The maximum atomic E-state index is 12.6. The van der Waals surface area contributed by atoms with Crippen molar-refractivity contribution < 1.29 is 33.3 Å². The van der Waals surface area contributed by atoms with Gasteiger partial charge in [0.15, 0.2) is 11.7 Å². The summed E-state index contributed by atoms with van der Waals surface area (Å²) in [6.45, 7) is 2.58. The summed E-state index contributed by atoms with van der Waals surface area (Å²) in [6.07, 6.45) is 3.49. The van der Waals surface area contributed by atoms with E-state index in [1.54, 1.807) is 67.6 Å². The van der Waals surface area contributed by atoms with Crippen molar-refractivity contribution in [3.8, 4) is 12.3 Å². The van der Waals surface area contributed by atoms with Crippen LogP contribution in [-0.2, 0) is 23.7 Å². The van der Waals surface area contributed by atoms with E-state index in [4.69, 9.17) is 25.4 Å². The molecule has 0 aromatic heterocycles. The van der Waals surface area contributed by atoms with Gasteiger partial charge in [0, 0.05) is 12.8 Å². The molecule has 0 bridgehead atoms. The van der Waals surface area contributed by atoms with E-state index in [2.05, 4.69) is 5.92 Å². The van der Waals surface area contributed by atoms with Gasteiger partial charge in [-0.3, -0.25) is 4.79 Å². The molecule has 7 heteroatoms. The third-order valence-corrected chi connectivity index (χ3v) is 5.03. The van der Waals surface area contributed by atoms with Gasteiger partial charge in [-0.1, -0.05) is 49.2 Å². The highest BCUT2D eigenvalue weighted by molar-refractivity contribution is 5.90. The number of hydrogen-bond donors (Lipinski definition) is 0. The first-order chi connectivity index (χ1) is 14.9. The van der Waals surface area contributed by atoms with E-state index < -0.39 is 41.8 Å². The van der Waals surface area contributed by atoms with E-state index in [-0.39, 0.29) is 6.61 Å². The summed E-state index contributed by atoms with van der Waals surface area (Å²) >= 11 is 0. The number of esters is 3. The predicted molar refractivity (Wildman–Crippen MR) is 110 cm³/mol. The normalized spacial score (nSPS) is 24.6. The van der Waals surface area contributed by atoms with Gasteiger partial charge in [0.2, 0.25) is 6.29 Å². The summed E-state index contributed by atoms with van der Waals surface area (Å²) in [5.41, 5.74) is -0.777. The van der Waals surface area contributed by atoms with Gasteiger partial charge in [-0.25, -0.2) is 9.59 Å². The van der Waals surface area contributed by atoms with Crippen molar-refractivity contribution in [2.24, 2.45) is 5.92 Å². The maximum Gasteiger partial charge on any atom is 0.338 e. The number of benzene rings is 2. The van der Waals surface area contributed by atoms with Crippen LogP contribution in [0.4, 0.5) is 0 Å². The minimum absolute atomic E-state index is 0.310. The van der Waals surface area contributed by atoms with Crippen LogP contribution in [0.3, 0.4) is 0 Å². The van der Waals surface area contributed by atoms with Gasteiger partial charge in [0.05, 0.1) is 11.1 Å². The van der Waals surface area contributed by atoms with Crippen molar-refractivity contribution in [2.45, 2.75) is 31.8 Å². The van der Waals surface area contributed by atoms with Gasteiger partial charge in [-0.15, -0.1) is 6.42 Å². The SMILES string of the molecule is C#C[C@]1(COC(=O)c2ccccc2)OC(OC(C)=O)C(OC(=O)c2ccccc2)[C@@H]1C. The Kier molecular flexibility index (Phi) is 6.73. The molecule has 1 aliphatic heterocycles. The predicted octanol–water partition coefficient (Wildman–Crippen LogP) is 3.00. The highest BCUT2D eigenvalue weighted by atomic mass is 16.7. The second-order valence-corrected chi connectivity index (χ2v) is 7.10. The first kappa shape index (κ1) is 22.1. The second kappa shape index (κ2) is 9.45. The van der Waals surface area contributed by atoms with Crippen molar-refractivity contribution in [1.82, 2.24) is 0 Å². The van der Waals surface area contributed by atoms with Gasteiger partial charge in [0.1, 0.15) is 6.61 Å². The van der Waals surface area contributed by atoms with Crippen LogP contribution in [0.15, 0.2) is 60.7 Å². The molecule has 0 spiro atoms. The summed E-state index contributed by atoms with van der Waals surface area (Å²) in [4.78, 5) is 36.5. The van der Waals surface area contributed by atoms with Crippen molar-refractivity contribution in [3.63, 3.8) is 0 Å². The number of rotatable bonds is 6. The molecule has 0 radical (unpaired) electrons. The standard InChI is InChI=1S/C24H22O7/c1-4-24(15-28-21(26)18-11-7-5-8-12-18)16(2)20(23(31-24)29-17(3)25)30-22(27)19-13-9-6-10-14-19/h1,5-14,16,20,23H,15H2,2-3H3/t16-,20?,23?,24+/m0/s1. The van der Waals surface area contributed by atoms with Crippen LogP contribution in [0.25, 0.3) is 0 Å². The highest BCUT2D eigenvalue weighted by Crippen LogP contribution is 2.39. The molecule has 1 aliphatic rings. The van der Waals surface area contributed by atoms with Crippen molar-refractivity contribution in [2.75, 3.05) is 6.61 Å². The number of carbonyl (C=O) groups excluding carboxylic acids is 3. The lowest BCUT2D eigenvalue weighted by molar-refractivity contribution is -0.195. The molecule has 1 saturated heterocycles. The number of ether oxygens (including phenoxy) is 4. The van der Waals surface area contributed by atoms with Crippen LogP contribution < -0.4 is 0 Å². The van der Waals surface area contributed by atoms with Crippen LogP contribution >= 0.6 is 0 Å². The zero-order valence-electron chi connectivity index (χ0n) is 17.1. The summed E-state index contributed by atoms with van der Waals surface area (Å²) in [5.74, 6) is 0.0234. The fourth-order valence-electron chi connectivity index (χ4n) is 3.26. The van der Waals surface area contributed by atoms with E-state index in [0.717, 1.165) is 0 Å². The molecule has 160 valence electrons. The second-order valence-electron chi connectivity index (χ2n) is 7.10. The Morgan fingerprint density at radius 3 is 2.03 bits per heavy atom. The van der Waals surface area contributed by atoms with E-state index >= 15 is 0 Å². The average Bonchev–Trinajstić information content (AvgIpc) is 3.04. The third kappa shape index (κ3) is 4.93. The Bertz CT molecular complexity index is 980. The largest absolute Gasteiger partial charge is 0.458 e. The first-order valence-electron chi connectivity index (χ1n) is 9.67. The summed E-state index contributed by atoms with van der Waals surface area (Å²) < 4.78 is 22.0. The molecular formula is C24H22O7. The minimum Gasteiger partial charge on any atom is -0.458 e. The Balaban J connectivity index is 1.79. The molecule has 0 aliphatic carbocycles. The molecule has 1 fully saturated rings. The first-order valence-corrected chi connectivity index (χ1v) is 9.67. The number of terminal acetylenes is 1. The minimum atomic E-state index is -1.45. The van der Waals surface area contributed by atoms with Crippen LogP contribution in [0, 0.1) is 18.3 Å². The number of hydrogen-bond acceptors (Lipinski definition) is 7. The molecule has 0 N–H and O–H groups in total. The monoisotopic (exact) mass is 422 g/mol. The van der Waals surface area contributed by atoms with E-state index in [1.807, 2.05) is 0 Å². The van der Waals surface area contributed by atoms with Gasteiger partial charge in [-0.2, -0.15) is 0 Å². The lowest BCUT2D eigenvalue weighted by Gasteiger charge is -2.26. The topological polar surface area (TPSA) is 88.1 Å². The van der Waals surface area contributed by atoms with E-state index in [9.17, 15) is 14.4 Å². The van der Waals surface area contributed by atoms with Crippen molar-refractivity contribution in [3.05, 3.63) is 71.8 Å². The molecule has 0 saturated carbocycles. The zero-order valence-corrected chi connectivity index (χ0v) is 17.1. The summed E-state index contributed by atoms with van der Waals surface area (Å²) in [7, 11) is 0. The lowest BCUT2D eigenvalue weighted by Crippen LogP contribution is -2.41. The van der Waals surface area contributed by atoms with Gasteiger partial charge >= 0.3 is 17.9 Å². The molecule has 2 unspecified atom stereocenters. The summed E-state index contributed by atoms with van der Waals surface area (Å²) in [6, 6.07) is 16.8. The Hall–Kier alpha value is -3.63.